The minimum absolute atomic E-state index is 1.16. The Morgan fingerprint density at radius 3 is 1.43 bits per heavy atom. The van der Waals surface area contributed by atoms with E-state index in [4.69, 9.17) is 0 Å². The van der Waals surface area contributed by atoms with E-state index in [0.717, 1.165) is 11.4 Å². The van der Waals surface area contributed by atoms with E-state index in [1.165, 1.54) is 66.1 Å². The molecule has 0 atom stereocenters. The van der Waals surface area contributed by atoms with Crippen molar-refractivity contribution in [3.05, 3.63) is 182 Å². The minimum atomic E-state index is 1.16. The predicted octanol–water partition coefficient (Wildman–Crippen LogP) is 11.7. The fraction of sp³-hybridized carbons (Fsp3) is 0. The van der Waals surface area contributed by atoms with Crippen LogP contribution in [0.4, 0.5) is 0 Å². The molecule has 0 radical (unpaired) electrons. The van der Waals surface area contributed by atoms with Gasteiger partial charge in [0.2, 0.25) is 0 Å². The van der Waals surface area contributed by atoms with Crippen LogP contribution in [0.15, 0.2) is 182 Å². The van der Waals surface area contributed by atoms with Crippen molar-refractivity contribution in [3.63, 3.8) is 0 Å². The first-order valence-corrected chi connectivity index (χ1v) is 15.8. The molecule has 0 amide bonds. The van der Waals surface area contributed by atoms with Crippen molar-refractivity contribution in [2.75, 3.05) is 0 Å². The van der Waals surface area contributed by atoms with Gasteiger partial charge in [0, 0.05) is 33.7 Å². The van der Waals surface area contributed by atoms with E-state index in [2.05, 4.69) is 191 Å². The highest BCUT2D eigenvalue weighted by Crippen LogP contribution is 2.40. The van der Waals surface area contributed by atoms with Gasteiger partial charge in [-0.15, -0.1) is 0 Å². The SMILES string of the molecule is c1ccc(-c2cc(-c3ccccc3)cc(-c3ccc4c(c3)c3ccc5c(ccn5-c5ccccc5)c3n4-c3ccccc3)c2)cc1. The molecule has 2 aromatic heterocycles. The summed E-state index contributed by atoms with van der Waals surface area (Å²) in [6, 6.07) is 63.5. The molecule has 0 aliphatic heterocycles. The summed E-state index contributed by atoms with van der Waals surface area (Å²) < 4.78 is 4.72. The van der Waals surface area contributed by atoms with Gasteiger partial charge in [0.05, 0.1) is 16.6 Å². The maximum absolute atomic E-state index is 2.43. The summed E-state index contributed by atoms with van der Waals surface area (Å²) in [5, 5.41) is 3.74. The van der Waals surface area contributed by atoms with E-state index in [9.17, 15) is 0 Å². The third-order valence-electron chi connectivity index (χ3n) is 9.12. The monoisotopic (exact) mass is 586 g/mol. The molecule has 0 saturated carbocycles. The second-order valence-electron chi connectivity index (χ2n) is 11.8. The molecule has 9 rings (SSSR count). The Labute approximate surface area is 268 Å². The Hall–Kier alpha value is -6.12. The van der Waals surface area contributed by atoms with Crippen LogP contribution < -0.4 is 0 Å². The van der Waals surface area contributed by atoms with E-state index in [1.807, 2.05) is 0 Å². The molecule has 0 aliphatic carbocycles. The number of nitrogens with zero attached hydrogens (tertiary/aromatic N) is 2. The van der Waals surface area contributed by atoms with E-state index in [0.29, 0.717) is 0 Å². The Morgan fingerprint density at radius 1 is 0.304 bits per heavy atom. The summed E-state index contributed by atoms with van der Waals surface area (Å²) >= 11 is 0. The molecule has 2 nitrogen and oxygen atoms in total. The van der Waals surface area contributed by atoms with Crippen molar-refractivity contribution < 1.29 is 0 Å². The molecule has 2 heteroatoms. The van der Waals surface area contributed by atoms with Crippen LogP contribution in [0.25, 0.3) is 77.5 Å². The van der Waals surface area contributed by atoms with Crippen molar-refractivity contribution >= 4 is 32.7 Å². The fourth-order valence-corrected chi connectivity index (χ4v) is 6.95. The highest BCUT2D eigenvalue weighted by atomic mass is 15.0. The summed E-state index contributed by atoms with van der Waals surface area (Å²) in [5.74, 6) is 0. The van der Waals surface area contributed by atoms with Crippen molar-refractivity contribution in [3.8, 4) is 44.8 Å². The minimum Gasteiger partial charge on any atom is -0.316 e. The van der Waals surface area contributed by atoms with E-state index in [-0.39, 0.29) is 0 Å². The molecule has 0 bridgehead atoms. The second-order valence-corrected chi connectivity index (χ2v) is 11.8. The average Bonchev–Trinajstić information content (AvgIpc) is 3.72. The summed E-state index contributed by atoms with van der Waals surface area (Å²) in [6.45, 7) is 0. The van der Waals surface area contributed by atoms with Gasteiger partial charge >= 0.3 is 0 Å². The molecule has 0 unspecified atom stereocenters. The Morgan fingerprint density at radius 2 is 0.826 bits per heavy atom. The van der Waals surface area contributed by atoms with Crippen LogP contribution in [0.1, 0.15) is 0 Å². The Bertz CT molecular complexity index is 2430. The number of benzene rings is 7. The molecule has 7 aromatic carbocycles. The molecule has 0 N–H and O–H groups in total. The largest absolute Gasteiger partial charge is 0.316 e. The van der Waals surface area contributed by atoms with Gasteiger partial charge in [0.25, 0.3) is 0 Å². The molecule has 9 aromatic rings. The first kappa shape index (κ1) is 26.3. The standard InChI is InChI=1S/C44H30N2/c1-5-13-31(14-6-1)34-27-35(32-15-7-2-8-16-32)29-36(28-34)33-21-23-43-41(30-33)39-22-24-42-40(25-26-45(42)37-17-9-3-10-18-37)44(39)46(43)38-19-11-4-12-20-38/h1-30H. The lowest BCUT2D eigenvalue weighted by Crippen LogP contribution is -1.94. The number of aromatic nitrogens is 2. The molecule has 216 valence electrons. The maximum Gasteiger partial charge on any atom is 0.0635 e. The van der Waals surface area contributed by atoms with Crippen molar-refractivity contribution in [1.29, 1.82) is 0 Å². The maximum atomic E-state index is 2.43. The van der Waals surface area contributed by atoms with Gasteiger partial charge in [0.15, 0.2) is 0 Å². The highest BCUT2D eigenvalue weighted by Gasteiger charge is 2.18. The summed E-state index contributed by atoms with van der Waals surface area (Å²) in [7, 11) is 0. The zero-order valence-electron chi connectivity index (χ0n) is 25.2. The van der Waals surface area contributed by atoms with Crippen LogP contribution in [0.3, 0.4) is 0 Å². The molecule has 0 fully saturated rings. The Balaban J connectivity index is 1.30. The number of hydrogen-bond acceptors (Lipinski definition) is 0. The first-order chi connectivity index (χ1) is 22.8. The molecular formula is C44H30N2. The summed E-state index contributed by atoms with van der Waals surface area (Å²) in [4.78, 5) is 0. The van der Waals surface area contributed by atoms with Gasteiger partial charge in [-0.05, 0) is 100 Å². The number of fused-ring (bicyclic) bond motifs is 5. The van der Waals surface area contributed by atoms with E-state index in [1.54, 1.807) is 0 Å². The number of hydrogen-bond donors (Lipinski definition) is 0. The lowest BCUT2D eigenvalue weighted by atomic mass is 9.93. The zero-order valence-corrected chi connectivity index (χ0v) is 25.2. The normalized spacial score (nSPS) is 11.5. The van der Waals surface area contributed by atoms with Crippen LogP contribution in [0, 0.1) is 0 Å². The van der Waals surface area contributed by atoms with Crippen LogP contribution in [0.2, 0.25) is 0 Å². The van der Waals surface area contributed by atoms with Crippen LogP contribution in [0.5, 0.6) is 0 Å². The lowest BCUT2D eigenvalue weighted by molar-refractivity contribution is 1.13. The Kier molecular flexibility index (Phi) is 6.17. The highest BCUT2D eigenvalue weighted by molar-refractivity contribution is 6.19. The molecule has 0 saturated heterocycles. The van der Waals surface area contributed by atoms with E-state index < -0.39 is 0 Å². The molecule has 0 spiro atoms. The van der Waals surface area contributed by atoms with E-state index >= 15 is 0 Å². The summed E-state index contributed by atoms with van der Waals surface area (Å²) in [5.41, 5.74) is 13.2. The number of rotatable bonds is 5. The molecular weight excluding hydrogens is 556 g/mol. The van der Waals surface area contributed by atoms with Gasteiger partial charge in [-0.1, -0.05) is 109 Å². The third kappa shape index (κ3) is 4.35. The van der Waals surface area contributed by atoms with Gasteiger partial charge < -0.3 is 9.13 Å². The van der Waals surface area contributed by atoms with Gasteiger partial charge in [-0.3, -0.25) is 0 Å². The first-order valence-electron chi connectivity index (χ1n) is 15.8. The van der Waals surface area contributed by atoms with Crippen LogP contribution in [-0.2, 0) is 0 Å². The second kappa shape index (κ2) is 10.8. The summed E-state index contributed by atoms with van der Waals surface area (Å²) in [6.07, 6.45) is 2.19. The van der Waals surface area contributed by atoms with Gasteiger partial charge in [-0.25, -0.2) is 0 Å². The molecule has 2 heterocycles. The molecule has 0 aliphatic rings. The third-order valence-corrected chi connectivity index (χ3v) is 9.12. The zero-order chi connectivity index (χ0) is 30.5. The van der Waals surface area contributed by atoms with Crippen molar-refractivity contribution in [1.82, 2.24) is 9.13 Å². The lowest BCUT2D eigenvalue weighted by Gasteiger charge is -2.12. The average molecular weight is 587 g/mol. The predicted molar refractivity (Wildman–Crippen MR) is 194 cm³/mol. The van der Waals surface area contributed by atoms with Crippen LogP contribution in [-0.4, -0.2) is 9.13 Å². The van der Waals surface area contributed by atoms with Crippen molar-refractivity contribution in [2.45, 2.75) is 0 Å². The molecule has 46 heavy (non-hydrogen) atoms. The quantitative estimate of drug-likeness (QED) is 0.190. The van der Waals surface area contributed by atoms with Crippen LogP contribution >= 0.6 is 0 Å². The van der Waals surface area contributed by atoms with Gasteiger partial charge in [0.1, 0.15) is 0 Å². The smallest absolute Gasteiger partial charge is 0.0635 e. The number of para-hydroxylation sites is 2. The van der Waals surface area contributed by atoms with Gasteiger partial charge in [-0.2, -0.15) is 0 Å². The fourth-order valence-electron chi connectivity index (χ4n) is 6.95. The van der Waals surface area contributed by atoms with Crippen molar-refractivity contribution in [2.24, 2.45) is 0 Å². The topological polar surface area (TPSA) is 9.86 Å².